The Hall–Kier alpha value is -2.13. The highest BCUT2D eigenvalue weighted by atomic mass is 16.5. The largest absolute Gasteiger partial charge is 0.389 e. The number of anilines is 1. The van der Waals surface area contributed by atoms with Crippen molar-refractivity contribution >= 4 is 17.1 Å². The van der Waals surface area contributed by atoms with Crippen LogP contribution in [0.2, 0.25) is 0 Å². The maximum absolute atomic E-state index is 12.3. The van der Waals surface area contributed by atoms with E-state index in [1.54, 1.807) is 11.6 Å². The minimum absolute atomic E-state index is 0.000514. The smallest absolute Gasteiger partial charge is 0.329 e. The number of nitrogens with one attached hydrogen (secondary N) is 2. The Balaban J connectivity index is 2.42. The summed E-state index contributed by atoms with van der Waals surface area (Å²) in [4.78, 5) is 30.8. The number of aromatic amines is 1. The predicted molar refractivity (Wildman–Crippen MR) is 96.1 cm³/mol. The third-order valence-electron chi connectivity index (χ3n) is 3.84. The van der Waals surface area contributed by atoms with E-state index in [-0.39, 0.29) is 30.4 Å². The summed E-state index contributed by atoms with van der Waals surface area (Å²) in [7, 11) is 1.55. The molecule has 2 heterocycles. The first-order chi connectivity index (χ1) is 11.8. The molecule has 0 aliphatic heterocycles. The van der Waals surface area contributed by atoms with Crippen molar-refractivity contribution < 1.29 is 9.84 Å². The van der Waals surface area contributed by atoms with Crippen molar-refractivity contribution in [3.05, 3.63) is 20.8 Å². The molecule has 140 valence electrons. The molecule has 0 saturated carbocycles. The van der Waals surface area contributed by atoms with Crippen LogP contribution in [0.4, 0.5) is 5.95 Å². The van der Waals surface area contributed by atoms with Crippen LogP contribution in [0.5, 0.6) is 0 Å². The lowest BCUT2D eigenvalue weighted by molar-refractivity contribution is -0.000106. The molecule has 0 fully saturated rings. The monoisotopic (exact) mass is 353 g/mol. The van der Waals surface area contributed by atoms with Crippen LogP contribution in [-0.4, -0.2) is 49.6 Å². The number of hydrogen-bond donors (Lipinski definition) is 3. The molecule has 2 rings (SSSR count). The number of nitrogens with zero attached hydrogens (tertiary/aromatic N) is 3. The molecule has 0 radical (unpaired) electrons. The number of aryl methyl sites for hydroxylation is 1. The lowest BCUT2D eigenvalue weighted by Crippen LogP contribution is -2.30. The second kappa shape index (κ2) is 8.30. The summed E-state index contributed by atoms with van der Waals surface area (Å²) in [5.74, 6) is 0.457. The molecule has 25 heavy (non-hydrogen) atoms. The first-order valence-corrected chi connectivity index (χ1v) is 8.58. The second-order valence-electron chi connectivity index (χ2n) is 6.35. The molecule has 2 aromatic rings. The number of aliphatic hydroxyl groups is 1. The molecule has 1 unspecified atom stereocenters. The van der Waals surface area contributed by atoms with Crippen molar-refractivity contribution in [3.8, 4) is 0 Å². The van der Waals surface area contributed by atoms with Crippen LogP contribution in [0, 0.1) is 0 Å². The van der Waals surface area contributed by atoms with Gasteiger partial charge in [-0.05, 0) is 20.3 Å². The van der Waals surface area contributed by atoms with Gasteiger partial charge in [-0.1, -0.05) is 13.3 Å². The van der Waals surface area contributed by atoms with Gasteiger partial charge in [0.15, 0.2) is 11.2 Å². The molecular weight excluding hydrogens is 326 g/mol. The third-order valence-corrected chi connectivity index (χ3v) is 3.84. The number of aliphatic hydroxyl groups excluding tert-OH is 1. The number of ether oxygens (including phenoxy) is 1. The van der Waals surface area contributed by atoms with E-state index in [2.05, 4.69) is 22.2 Å². The fourth-order valence-electron chi connectivity index (χ4n) is 2.49. The predicted octanol–water partition coefficient (Wildman–Crippen LogP) is 0.421. The molecular formula is C16H27N5O4. The Morgan fingerprint density at radius 1 is 1.36 bits per heavy atom. The summed E-state index contributed by atoms with van der Waals surface area (Å²) in [5.41, 5.74) is -0.508. The topological polar surface area (TPSA) is 114 Å². The number of rotatable bonds is 9. The van der Waals surface area contributed by atoms with E-state index in [1.165, 1.54) is 4.57 Å². The molecule has 0 saturated heterocycles. The molecule has 0 amide bonds. The molecule has 3 N–H and O–H groups in total. The maximum Gasteiger partial charge on any atom is 0.329 e. The summed E-state index contributed by atoms with van der Waals surface area (Å²) in [6.45, 7) is 6.82. The Morgan fingerprint density at radius 3 is 2.72 bits per heavy atom. The number of unbranched alkanes of at least 4 members (excludes halogenated alkanes) is 1. The Bertz CT molecular complexity index is 820. The minimum Gasteiger partial charge on any atom is -0.389 e. The van der Waals surface area contributed by atoms with Gasteiger partial charge in [0.25, 0.3) is 5.56 Å². The van der Waals surface area contributed by atoms with Gasteiger partial charge in [0, 0.05) is 13.6 Å². The molecule has 9 heteroatoms. The lowest BCUT2D eigenvalue weighted by Gasteiger charge is -2.16. The number of imidazole rings is 1. The highest BCUT2D eigenvalue weighted by molar-refractivity contribution is 5.74. The summed E-state index contributed by atoms with van der Waals surface area (Å²) >= 11 is 0. The Labute approximate surface area is 145 Å². The van der Waals surface area contributed by atoms with Gasteiger partial charge in [0.1, 0.15) is 0 Å². The summed E-state index contributed by atoms with van der Waals surface area (Å²) in [6.07, 6.45) is 1.15. The molecule has 0 aliphatic carbocycles. The van der Waals surface area contributed by atoms with Crippen LogP contribution in [0.1, 0.15) is 33.6 Å². The third kappa shape index (κ3) is 4.49. The minimum atomic E-state index is -0.803. The van der Waals surface area contributed by atoms with Gasteiger partial charge in [-0.15, -0.1) is 0 Å². The van der Waals surface area contributed by atoms with Crippen molar-refractivity contribution in [2.45, 2.75) is 52.4 Å². The van der Waals surface area contributed by atoms with Gasteiger partial charge in [-0.25, -0.2) is 4.79 Å². The van der Waals surface area contributed by atoms with Gasteiger partial charge in [0.2, 0.25) is 5.95 Å². The number of aromatic nitrogens is 4. The van der Waals surface area contributed by atoms with Crippen LogP contribution in [0.3, 0.4) is 0 Å². The van der Waals surface area contributed by atoms with Gasteiger partial charge in [0.05, 0.1) is 25.4 Å². The summed E-state index contributed by atoms with van der Waals surface area (Å²) < 4.78 is 8.33. The van der Waals surface area contributed by atoms with E-state index in [9.17, 15) is 14.7 Å². The normalized spacial score (nSPS) is 12.9. The number of fused-ring (bicyclic) bond motifs is 1. The highest BCUT2D eigenvalue weighted by Gasteiger charge is 2.19. The van der Waals surface area contributed by atoms with Gasteiger partial charge < -0.3 is 19.7 Å². The Morgan fingerprint density at radius 2 is 2.08 bits per heavy atom. The van der Waals surface area contributed by atoms with Crippen LogP contribution >= 0.6 is 0 Å². The van der Waals surface area contributed by atoms with E-state index < -0.39 is 17.4 Å². The van der Waals surface area contributed by atoms with E-state index >= 15 is 0 Å². The van der Waals surface area contributed by atoms with E-state index in [0.29, 0.717) is 12.5 Å². The summed E-state index contributed by atoms with van der Waals surface area (Å²) in [6, 6.07) is 0. The fourth-order valence-corrected chi connectivity index (χ4v) is 2.49. The SMILES string of the molecule is CCCCNc1nc2c(c(=O)[nH]c(=O)n2C)n1CC(O)COC(C)C. The average molecular weight is 353 g/mol. The first kappa shape index (κ1) is 19.2. The van der Waals surface area contributed by atoms with Crippen molar-refractivity contribution in [2.24, 2.45) is 7.05 Å². The average Bonchev–Trinajstić information content (AvgIpc) is 2.90. The van der Waals surface area contributed by atoms with E-state index in [0.717, 1.165) is 12.8 Å². The van der Waals surface area contributed by atoms with Crippen molar-refractivity contribution in [2.75, 3.05) is 18.5 Å². The van der Waals surface area contributed by atoms with Gasteiger partial charge >= 0.3 is 5.69 Å². The quantitative estimate of drug-likeness (QED) is 0.563. The molecule has 1 atom stereocenters. The zero-order valence-electron chi connectivity index (χ0n) is 15.2. The molecule has 0 bridgehead atoms. The van der Waals surface area contributed by atoms with Crippen molar-refractivity contribution in [3.63, 3.8) is 0 Å². The van der Waals surface area contributed by atoms with Gasteiger partial charge in [-0.2, -0.15) is 4.98 Å². The zero-order valence-corrected chi connectivity index (χ0v) is 15.2. The molecule has 9 nitrogen and oxygen atoms in total. The standard InChI is InChI=1S/C16H27N5O4/c1-5-6-7-17-15-18-13-12(14(23)19-16(24)20(13)4)21(15)8-11(22)9-25-10(2)3/h10-11,22H,5-9H2,1-4H3,(H,17,18)(H,19,23,24). The first-order valence-electron chi connectivity index (χ1n) is 8.58. The van der Waals surface area contributed by atoms with Gasteiger partial charge in [-0.3, -0.25) is 14.3 Å². The Kier molecular flexibility index (Phi) is 6.38. The highest BCUT2D eigenvalue weighted by Crippen LogP contribution is 2.16. The van der Waals surface area contributed by atoms with Crippen molar-refractivity contribution in [1.29, 1.82) is 0 Å². The lowest BCUT2D eigenvalue weighted by atomic mass is 10.3. The number of hydrogen-bond acceptors (Lipinski definition) is 6. The van der Waals surface area contributed by atoms with E-state index in [1.807, 2.05) is 13.8 Å². The molecule has 0 spiro atoms. The molecule has 0 aliphatic rings. The van der Waals surface area contributed by atoms with Crippen LogP contribution in [0.15, 0.2) is 9.59 Å². The van der Waals surface area contributed by atoms with E-state index in [4.69, 9.17) is 4.74 Å². The fraction of sp³-hybridized carbons (Fsp3) is 0.688. The van der Waals surface area contributed by atoms with Crippen LogP contribution in [0.25, 0.3) is 11.2 Å². The molecule has 2 aromatic heterocycles. The number of H-pyrrole nitrogens is 1. The zero-order chi connectivity index (χ0) is 18.6. The van der Waals surface area contributed by atoms with Crippen LogP contribution in [-0.2, 0) is 18.3 Å². The molecule has 0 aromatic carbocycles. The van der Waals surface area contributed by atoms with Crippen molar-refractivity contribution in [1.82, 2.24) is 19.1 Å². The second-order valence-corrected chi connectivity index (χ2v) is 6.35. The van der Waals surface area contributed by atoms with Crippen LogP contribution < -0.4 is 16.6 Å². The summed E-state index contributed by atoms with van der Waals surface area (Å²) in [5, 5.41) is 13.4. The maximum atomic E-state index is 12.3.